The van der Waals surface area contributed by atoms with E-state index < -0.39 is 0 Å². The molecular weight excluding hydrogens is 170 g/mol. The van der Waals surface area contributed by atoms with Crippen LogP contribution in [-0.2, 0) is 0 Å². The third-order valence-corrected chi connectivity index (χ3v) is 2.56. The molecule has 0 aliphatic rings. The standard InChI is InChI=1S/C13H29N/c1-7-8-13(5,6)9-10-14-11-12(2,3)4/h14H,7-11H2,1-6H3. The molecule has 0 saturated heterocycles. The van der Waals surface area contributed by atoms with Crippen molar-refractivity contribution in [3.63, 3.8) is 0 Å². The van der Waals surface area contributed by atoms with Gasteiger partial charge in [-0.25, -0.2) is 0 Å². The van der Waals surface area contributed by atoms with Crippen LogP contribution in [-0.4, -0.2) is 13.1 Å². The van der Waals surface area contributed by atoms with E-state index in [0.29, 0.717) is 10.8 Å². The van der Waals surface area contributed by atoms with Crippen molar-refractivity contribution in [3.8, 4) is 0 Å². The number of nitrogens with one attached hydrogen (secondary N) is 1. The Morgan fingerprint density at radius 3 is 1.93 bits per heavy atom. The molecule has 14 heavy (non-hydrogen) atoms. The highest BCUT2D eigenvalue weighted by atomic mass is 14.9. The fourth-order valence-corrected chi connectivity index (χ4v) is 1.69. The lowest BCUT2D eigenvalue weighted by Crippen LogP contribution is -2.30. The smallest absolute Gasteiger partial charge is 0.0000122 e. The van der Waals surface area contributed by atoms with Crippen molar-refractivity contribution in [2.24, 2.45) is 10.8 Å². The maximum atomic E-state index is 3.54. The number of hydrogen-bond acceptors (Lipinski definition) is 1. The Morgan fingerprint density at radius 1 is 0.929 bits per heavy atom. The maximum Gasteiger partial charge on any atom is -0.0000122 e. The van der Waals surface area contributed by atoms with Gasteiger partial charge in [0, 0.05) is 0 Å². The van der Waals surface area contributed by atoms with Crippen LogP contribution in [0, 0.1) is 10.8 Å². The van der Waals surface area contributed by atoms with Crippen LogP contribution in [0.2, 0.25) is 0 Å². The first-order chi connectivity index (χ1) is 6.27. The van der Waals surface area contributed by atoms with Crippen molar-refractivity contribution in [1.29, 1.82) is 0 Å². The summed E-state index contributed by atoms with van der Waals surface area (Å²) in [5.74, 6) is 0. The molecule has 1 N–H and O–H groups in total. The van der Waals surface area contributed by atoms with Crippen molar-refractivity contribution >= 4 is 0 Å². The van der Waals surface area contributed by atoms with Crippen molar-refractivity contribution < 1.29 is 0 Å². The Bertz CT molecular complexity index is 142. The molecule has 0 aliphatic heterocycles. The molecule has 0 aromatic heterocycles. The molecule has 0 saturated carbocycles. The van der Waals surface area contributed by atoms with Gasteiger partial charge in [-0.3, -0.25) is 0 Å². The summed E-state index contributed by atoms with van der Waals surface area (Å²) in [4.78, 5) is 0. The van der Waals surface area contributed by atoms with Crippen LogP contribution in [0.5, 0.6) is 0 Å². The summed E-state index contributed by atoms with van der Waals surface area (Å²) in [6.45, 7) is 16.1. The lowest BCUT2D eigenvalue weighted by Gasteiger charge is -2.25. The van der Waals surface area contributed by atoms with E-state index in [1.54, 1.807) is 0 Å². The van der Waals surface area contributed by atoms with Crippen LogP contribution >= 0.6 is 0 Å². The average molecular weight is 199 g/mol. The zero-order valence-electron chi connectivity index (χ0n) is 11.0. The van der Waals surface area contributed by atoms with Crippen LogP contribution in [0.15, 0.2) is 0 Å². The molecule has 0 spiro atoms. The molecule has 0 bridgehead atoms. The second kappa shape index (κ2) is 5.75. The lowest BCUT2D eigenvalue weighted by atomic mass is 9.84. The van der Waals surface area contributed by atoms with Crippen molar-refractivity contribution in [2.45, 2.75) is 60.8 Å². The normalized spacial score (nSPS) is 13.3. The van der Waals surface area contributed by atoms with E-state index in [1.807, 2.05) is 0 Å². The first kappa shape index (κ1) is 14.0. The summed E-state index contributed by atoms with van der Waals surface area (Å²) >= 11 is 0. The van der Waals surface area contributed by atoms with E-state index in [2.05, 4.69) is 46.9 Å². The molecule has 0 aromatic rings. The van der Waals surface area contributed by atoms with E-state index in [9.17, 15) is 0 Å². The number of hydrogen-bond donors (Lipinski definition) is 1. The molecule has 0 aromatic carbocycles. The Hall–Kier alpha value is -0.0400. The van der Waals surface area contributed by atoms with Crippen LogP contribution < -0.4 is 5.32 Å². The molecule has 1 nitrogen and oxygen atoms in total. The topological polar surface area (TPSA) is 12.0 Å². The van der Waals surface area contributed by atoms with Crippen LogP contribution in [0.4, 0.5) is 0 Å². The molecule has 0 rings (SSSR count). The highest BCUT2D eigenvalue weighted by molar-refractivity contribution is 4.71. The first-order valence-corrected chi connectivity index (χ1v) is 5.97. The van der Waals surface area contributed by atoms with Gasteiger partial charge in [-0.15, -0.1) is 0 Å². The molecule has 0 heterocycles. The van der Waals surface area contributed by atoms with Gasteiger partial charge in [0.2, 0.25) is 0 Å². The molecular formula is C13H29N. The van der Waals surface area contributed by atoms with E-state index >= 15 is 0 Å². The Morgan fingerprint density at radius 2 is 1.50 bits per heavy atom. The summed E-state index contributed by atoms with van der Waals surface area (Å²) in [5.41, 5.74) is 0.925. The minimum Gasteiger partial charge on any atom is -0.316 e. The highest BCUT2D eigenvalue weighted by Gasteiger charge is 2.16. The van der Waals surface area contributed by atoms with Crippen LogP contribution in [0.1, 0.15) is 60.8 Å². The second-order valence-electron chi connectivity index (χ2n) is 6.40. The Kier molecular flexibility index (Phi) is 5.73. The fraction of sp³-hybridized carbons (Fsp3) is 1.00. The molecule has 0 fully saturated rings. The molecule has 0 amide bonds. The molecule has 1 heteroatoms. The van der Waals surface area contributed by atoms with Crippen LogP contribution in [0.3, 0.4) is 0 Å². The maximum absolute atomic E-state index is 3.54. The first-order valence-electron chi connectivity index (χ1n) is 5.97. The van der Waals surface area contributed by atoms with Crippen molar-refractivity contribution in [3.05, 3.63) is 0 Å². The highest BCUT2D eigenvalue weighted by Crippen LogP contribution is 2.25. The minimum absolute atomic E-state index is 0.412. The van der Waals surface area contributed by atoms with Gasteiger partial charge in [-0.2, -0.15) is 0 Å². The zero-order chi connectivity index (χ0) is 11.2. The lowest BCUT2D eigenvalue weighted by molar-refractivity contribution is 0.287. The van der Waals surface area contributed by atoms with Gasteiger partial charge >= 0.3 is 0 Å². The second-order valence-corrected chi connectivity index (χ2v) is 6.40. The molecule has 0 unspecified atom stereocenters. The monoisotopic (exact) mass is 199 g/mol. The Labute approximate surface area is 90.7 Å². The predicted octanol–water partition coefficient (Wildman–Crippen LogP) is 3.84. The minimum atomic E-state index is 0.412. The molecule has 0 aliphatic carbocycles. The molecule has 0 radical (unpaired) electrons. The summed E-state index contributed by atoms with van der Waals surface area (Å²) in [6.07, 6.45) is 3.92. The van der Waals surface area contributed by atoms with Crippen LogP contribution in [0.25, 0.3) is 0 Å². The fourth-order valence-electron chi connectivity index (χ4n) is 1.69. The third-order valence-electron chi connectivity index (χ3n) is 2.56. The van der Waals surface area contributed by atoms with Gasteiger partial charge in [-0.05, 0) is 36.8 Å². The summed E-state index contributed by atoms with van der Waals surface area (Å²) in [6, 6.07) is 0. The van der Waals surface area contributed by atoms with Gasteiger partial charge < -0.3 is 5.32 Å². The quantitative estimate of drug-likeness (QED) is 0.641. The summed E-state index contributed by atoms with van der Waals surface area (Å²) < 4.78 is 0. The van der Waals surface area contributed by atoms with Gasteiger partial charge in [0.25, 0.3) is 0 Å². The van der Waals surface area contributed by atoms with E-state index in [4.69, 9.17) is 0 Å². The largest absolute Gasteiger partial charge is 0.316 e. The SMILES string of the molecule is CCCC(C)(C)CCNCC(C)(C)C. The number of rotatable bonds is 6. The van der Waals surface area contributed by atoms with Gasteiger partial charge in [0.05, 0.1) is 0 Å². The zero-order valence-corrected chi connectivity index (χ0v) is 11.0. The average Bonchev–Trinajstić information content (AvgIpc) is 1.96. The Balaban J connectivity index is 3.54. The van der Waals surface area contributed by atoms with E-state index in [1.165, 1.54) is 19.3 Å². The molecule has 86 valence electrons. The third kappa shape index (κ3) is 8.55. The predicted molar refractivity (Wildman–Crippen MR) is 65.6 cm³/mol. The summed E-state index contributed by atoms with van der Waals surface area (Å²) in [5, 5.41) is 3.54. The van der Waals surface area contributed by atoms with Gasteiger partial charge in [-0.1, -0.05) is 48.0 Å². The van der Waals surface area contributed by atoms with Gasteiger partial charge in [0.1, 0.15) is 0 Å². The van der Waals surface area contributed by atoms with Gasteiger partial charge in [0.15, 0.2) is 0 Å². The summed E-state index contributed by atoms with van der Waals surface area (Å²) in [7, 11) is 0. The van der Waals surface area contributed by atoms with E-state index in [0.717, 1.165) is 13.1 Å². The van der Waals surface area contributed by atoms with E-state index in [-0.39, 0.29) is 0 Å². The van der Waals surface area contributed by atoms with Crippen molar-refractivity contribution in [2.75, 3.05) is 13.1 Å². The molecule has 0 atom stereocenters. The van der Waals surface area contributed by atoms with Crippen molar-refractivity contribution in [1.82, 2.24) is 5.32 Å².